The number of nitrogens with zero attached hydrogens (tertiary/aromatic N) is 1. The second kappa shape index (κ2) is 8.38. The zero-order valence-corrected chi connectivity index (χ0v) is 15.8. The van der Waals surface area contributed by atoms with E-state index in [9.17, 15) is 0 Å². The molecule has 3 nitrogen and oxygen atoms in total. The van der Waals surface area contributed by atoms with Crippen molar-refractivity contribution < 1.29 is 4.74 Å². The smallest absolute Gasteiger partial charge is 0.131 e. The van der Waals surface area contributed by atoms with Crippen molar-refractivity contribution in [3.63, 3.8) is 0 Å². The van der Waals surface area contributed by atoms with Crippen LogP contribution in [0.1, 0.15) is 5.56 Å². The summed E-state index contributed by atoms with van der Waals surface area (Å²) in [5, 5.41) is 3.42. The maximum absolute atomic E-state index is 5.99. The van der Waals surface area contributed by atoms with E-state index in [0.717, 1.165) is 38.5 Å². The van der Waals surface area contributed by atoms with Gasteiger partial charge >= 0.3 is 0 Å². The number of hydrogen-bond acceptors (Lipinski definition) is 3. The Morgan fingerprint density at radius 1 is 0.815 bits per heavy atom. The lowest BCUT2D eigenvalue weighted by Crippen LogP contribution is -2.42. The lowest BCUT2D eigenvalue weighted by Gasteiger charge is -2.28. The molecule has 3 heteroatoms. The van der Waals surface area contributed by atoms with Gasteiger partial charge in [-0.15, -0.1) is 0 Å². The molecule has 1 N–H and O–H groups in total. The van der Waals surface area contributed by atoms with E-state index < -0.39 is 0 Å². The fourth-order valence-electron chi connectivity index (χ4n) is 3.84. The summed E-state index contributed by atoms with van der Waals surface area (Å²) in [6, 6.07) is 25.6. The maximum Gasteiger partial charge on any atom is 0.131 e. The summed E-state index contributed by atoms with van der Waals surface area (Å²) in [7, 11) is 1.79. The van der Waals surface area contributed by atoms with Gasteiger partial charge in [-0.25, -0.2) is 0 Å². The summed E-state index contributed by atoms with van der Waals surface area (Å²) in [4.78, 5) is 2.49. The second-order valence-corrected chi connectivity index (χ2v) is 6.94. The fraction of sp³-hybridized carbons (Fsp3) is 0.250. The van der Waals surface area contributed by atoms with Gasteiger partial charge in [-0.05, 0) is 16.7 Å². The summed E-state index contributed by atoms with van der Waals surface area (Å²) in [6.45, 7) is 5.17. The Kier molecular flexibility index (Phi) is 5.52. The molecule has 3 aromatic rings. The van der Waals surface area contributed by atoms with Crippen molar-refractivity contribution in [3.05, 3.63) is 78.4 Å². The molecule has 4 rings (SSSR count). The highest BCUT2D eigenvalue weighted by molar-refractivity contribution is 5.88. The number of ether oxygens (including phenoxy) is 1. The number of nitrogens with one attached hydrogen (secondary N) is 1. The Hall–Kier alpha value is -2.62. The molecule has 0 unspecified atom stereocenters. The van der Waals surface area contributed by atoms with Crippen molar-refractivity contribution in [2.24, 2.45) is 0 Å². The van der Waals surface area contributed by atoms with Gasteiger partial charge in [0, 0.05) is 43.9 Å². The summed E-state index contributed by atoms with van der Waals surface area (Å²) >= 11 is 0. The summed E-state index contributed by atoms with van der Waals surface area (Å²) in [5.74, 6) is 0.987. The van der Waals surface area contributed by atoms with Crippen LogP contribution in [0.4, 0.5) is 0 Å². The van der Waals surface area contributed by atoms with Crippen molar-refractivity contribution in [2.45, 2.75) is 6.54 Å². The largest absolute Gasteiger partial charge is 0.496 e. The van der Waals surface area contributed by atoms with Crippen LogP contribution >= 0.6 is 0 Å². The second-order valence-electron chi connectivity index (χ2n) is 6.94. The zero-order chi connectivity index (χ0) is 18.5. The Morgan fingerprint density at radius 2 is 1.44 bits per heavy atom. The normalized spacial score (nSPS) is 14.9. The maximum atomic E-state index is 5.99. The third kappa shape index (κ3) is 3.90. The first-order valence-corrected chi connectivity index (χ1v) is 9.60. The topological polar surface area (TPSA) is 24.5 Å². The molecule has 1 saturated heterocycles. The van der Waals surface area contributed by atoms with Gasteiger partial charge in [0.2, 0.25) is 0 Å². The molecular weight excluding hydrogens is 332 g/mol. The van der Waals surface area contributed by atoms with Crippen molar-refractivity contribution in [1.82, 2.24) is 10.2 Å². The predicted molar refractivity (Wildman–Crippen MR) is 112 cm³/mol. The lowest BCUT2D eigenvalue weighted by molar-refractivity contribution is 0.230. The molecule has 1 aliphatic heterocycles. The van der Waals surface area contributed by atoms with Gasteiger partial charge < -0.3 is 10.1 Å². The van der Waals surface area contributed by atoms with Crippen LogP contribution in [-0.2, 0) is 6.54 Å². The Bertz CT molecular complexity index is 872. The standard InChI is InChI=1S/C24H26N2O/c1-27-24-21(18-26-16-14-25-15-17-26)12-13-22(19-8-4-2-5-9-19)23(24)20-10-6-3-7-11-20/h2-13,25H,14-18H2,1H3. The average Bonchev–Trinajstić information content (AvgIpc) is 2.75. The van der Waals surface area contributed by atoms with Crippen LogP contribution < -0.4 is 10.1 Å². The third-order valence-corrected chi connectivity index (χ3v) is 5.19. The molecule has 1 aliphatic rings. The van der Waals surface area contributed by atoms with Crippen LogP contribution in [0.3, 0.4) is 0 Å². The molecule has 1 fully saturated rings. The van der Waals surface area contributed by atoms with Crippen molar-refractivity contribution in [3.8, 4) is 28.0 Å². The molecule has 0 spiro atoms. The average molecular weight is 358 g/mol. The third-order valence-electron chi connectivity index (χ3n) is 5.19. The van der Waals surface area contributed by atoms with Crippen LogP contribution in [0.25, 0.3) is 22.3 Å². The fourth-order valence-corrected chi connectivity index (χ4v) is 3.84. The van der Waals surface area contributed by atoms with E-state index in [4.69, 9.17) is 4.74 Å². The molecule has 0 atom stereocenters. The number of rotatable bonds is 5. The van der Waals surface area contributed by atoms with E-state index in [-0.39, 0.29) is 0 Å². The summed E-state index contributed by atoms with van der Waals surface area (Å²) < 4.78 is 5.99. The highest BCUT2D eigenvalue weighted by Crippen LogP contribution is 2.41. The molecule has 0 amide bonds. The highest BCUT2D eigenvalue weighted by Gasteiger charge is 2.19. The van der Waals surface area contributed by atoms with E-state index in [1.54, 1.807) is 7.11 Å². The SMILES string of the molecule is COc1c(CN2CCNCC2)ccc(-c2ccccc2)c1-c1ccccc1. The van der Waals surface area contributed by atoms with Gasteiger partial charge in [-0.2, -0.15) is 0 Å². The summed E-state index contributed by atoms with van der Waals surface area (Å²) in [6.07, 6.45) is 0. The highest BCUT2D eigenvalue weighted by atomic mass is 16.5. The molecular formula is C24H26N2O. The van der Waals surface area contributed by atoms with Crippen molar-refractivity contribution in [1.29, 1.82) is 0 Å². The number of hydrogen-bond donors (Lipinski definition) is 1. The van der Waals surface area contributed by atoms with E-state index >= 15 is 0 Å². The van der Waals surface area contributed by atoms with Gasteiger partial charge in [0.25, 0.3) is 0 Å². The van der Waals surface area contributed by atoms with Crippen molar-refractivity contribution >= 4 is 0 Å². The number of methoxy groups -OCH3 is 1. The van der Waals surface area contributed by atoms with Crippen LogP contribution in [0.5, 0.6) is 5.75 Å². The lowest BCUT2D eigenvalue weighted by atomic mass is 9.91. The van der Waals surface area contributed by atoms with Crippen LogP contribution in [0, 0.1) is 0 Å². The van der Waals surface area contributed by atoms with E-state index in [2.05, 4.69) is 83.0 Å². The van der Waals surface area contributed by atoms with Gasteiger partial charge in [0.15, 0.2) is 0 Å². The molecule has 27 heavy (non-hydrogen) atoms. The van der Waals surface area contributed by atoms with Gasteiger partial charge in [-0.3, -0.25) is 4.90 Å². The molecule has 0 aromatic heterocycles. The molecule has 0 radical (unpaired) electrons. The van der Waals surface area contributed by atoms with Gasteiger partial charge in [0.1, 0.15) is 5.75 Å². The van der Waals surface area contributed by atoms with E-state index in [0.29, 0.717) is 0 Å². The van der Waals surface area contributed by atoms with Crippen LogP contribution in [0.15, 0.2) is 72.8 Å². The zero-order valence-electron chi connectivity index (χ0n) is 15.8. The minimum atomic E-state index is 0.916. The molecule has 0 bridgehead atoms. The minimum absolute atomic E-state index is 0.916. The van der Waals surface area contributed by atoms with Crippen LogP contribution in [-0.4, -0.2) is 38.2 Å². The first-order chi connectivity index (χ1) is 13.4. The first kappa shape index (κ1) is 17.8. The van der Waals surface area contributed by atoms with Gasteiger partial charge in [-0.1, -0.05) is 72.8 Å². The number of piperazine rings is 1. The minimum Gasteiger partial charge on any atom is -0.496 e. The molecule has 0 aliphatic carbocycles. The monoisotopic (exact) mass is 358 g/mol. The van der Waals surface area contributed by atoms with Gasteiger partial charge in [0.05, 0.1) is 7.11 Å². The van der Waals surface area contributed by atoms with Crippen LogP contribution in [0.2, 0.25) is 0 Å². The first-order valence-electron chi connectivity index (χ1n) is 9.60. The quantitative estimate of drug-likeness (QED) is 0.730. The molecule has 138 valence electrons. The van der Waals surface area contributed by atoms with E-state index in [1.807, 2.05) is 0 Å². The van der Waals surface area contributed by atoms with E-state index in [1.165, 1.54) is 27.8 Å². The Morgan fingerprint density at radius 3 is 2.07 bits per heavy atom. The summed E-state index contributed by atoms with van der Waals surface area (Å²) in [5.41, 5.74) is 6.04. The Labute approximate surface area is 161 Å². The molecule has 1 heterocycles. The van der Waals surface area contributed by atoms with Crippen molar-refractivity contribution in [2.75, 3.05) is 33.3 Å². The number of benzene rings is 3. The predicted octanol–water partition coefficient (Wildman–Crippen LogP) is 4.43. The molecule has 3 aromatic carbocycles. The molecule has 0 saturated carbocycles. The Balaban J connectivity index is 1.83.